The normalized spacial score (nSPS) is 19.8. The zero-order chi connectivity index (χ0) is 21.5. The number of hydrogen-bond acceptors (Lipinski definition) is 8. The maximum Gasteiger partial charge on any atom is 0.263 e. The van der Waals surface area contributed by atoms with Crippen molar-refractivity contribution in [2.24, 2.45) is 0 Å². The maximum absolute atomic E-state index is 12.3. The van der Waals surface area contributed by atoms with Crippen molar-refractivity contribution in [3.8, 4) is 5.75 Å². The molecule has 5 rings (SSSR count). The van der Waals surface area contributed by atoms with Crippen molar-refractivity contribution in [2.75, 3.05) is 29.9 Å². The van der Waals surface area contributed by atoms with Gasteiger partial charge in [-0.1, -0.05) is 23.2 Å². The number of aryl methyl sites for hydroxylation is 1. The first-order valence-electron chi connectivity index (χ1n) is 9.85. The number of halogens is 2. The average Bonchev–Trinajstić information content (AvgIpc) is 3.37. The van der Waals surface area contributed by atoms with Crippen molar-refractivity contribution in [3.63, 3.8) is 0 Å². The Morgan fingerprint density at radius 3 is 2.94 bits per heavy atom. The van der Waals surface area contributed by atoms with Crippen LogP contribution in [0.1, 0.15) is 12.1 Å². The summed E-state index contributed by atoms with van der Waals surface area (Å²) in [7, 11) is 0. The molecule has 0 saturated carbocycles. The molecule has 2 N–H and O–H groups in total. The zero-order valence-electron chi connectivity index (χ0n) is 16.6. The highest BCUT2D eigenvalue weighted by atomic mass is 35.5. The molecule has 31 heavy (non-hydrogen) atoms. The van der Waals surface area contributed by atoms with Gasteiger partial charge in [0.1, 0.15) is 11.3 Å². The van der Waals surface area contributed by atoms with Gasteiger partial charge in [0, 0.05) is 30.2 Å². The van der Waals surface area contributed by atoms with E-state index in [4.69, 9.17) is 27.9 Å². The van der Waals surface area contributed by atoms with E-state index in [2.05, 4.69) is 35.5 Å². The van der Waals surface area contributed by atoms with Gasteiger partial charge in [0.15, 0.2) is 18.1 Å². The van der Waals surface area contributed by atoms with E-state index < -0.39 is 5.91 Å². The Bertz CT molecular complexity index is 1180. The number of piperazine rings is 1. The van der Waals surface area contributed by atoms with E-state index in [9.17, 15) is 4.79 Å². The number of fused-ring (bicyclic) bond motifs is 3. The lowest BCUT2D eigenvalue weighted by molar-refractivity contribution is -0.118. The maximum atomic E-state index is 12.3. The molecule has 1 amide bonds. The molecule has 2 atom stereocenters. The van der Waals surface area contributed by atoms with Gasteiger partial charge in [0.25, 0.3) is 5.91 Å². The van der Waals surface area contributed by atoms with E-state index in [0.717, 1.165) is 19.5 Å². The van der Waals surface area contributed by atoms with Crippen LogP contribution in [-0.4, -0.2) is 57.6 Å². The standard InChI is InChI=1S/C20H19Cl2N7O2/c1-10-18-19(28-20(25-10)29-8-12-5-13(29)6-23-12)24-7-16(27-18)26-17(30)9-31-15-3-2-11(21)4-14(15)22/h2-4,7,12-13,23H,5-6,8-9H2,1H3,(H,26,27,30). The van der Waals surface area contributed by atoms with E-state index in [1.54, 1.807) is 18.2 Å². The molecule has 160 valence electrons. The summed E-state index contributed by atoms with van der Waals surface area (Å²) in [5, 5.41) is 6.96. The number of rotatable bonds is 5. The summed E-state index contributed by atoms with van der Waals surface area (Å²) in [6.45, 7) is 3.48. The molecule has 2 aliphatic rings. The Morgan fingerprint density at radius 2 is 2.19 bits per heavy atom. The van der Waals surface area contributed by atoms with Crippen LogP contribution in [0, 0.1) is 6.92 Å². The van der Waals surface area contributed by atoms with Gasteiger partial charge in [-0.05, 0) is 31.5 Å². The molecule has 2 aromatic heterocycles. The number of carbonyl (C=O) groups excluding carboxylic acids is 1. The number of nitrogens with zero attached hydrogens (tertiary/aromatic N) is 5. The fraction of sp³-hybridized carbons (Fsp3) is 0.350. The molecule has 4 heterocycles. The van der Waals surface area contributed by atoms with Gasteiger partial charge in [-0.25, -0.2) is 15.0 Å². The topological polar surface area (TPSA) is 105 Å². The molecular weight excluding hydrogens is 441 g/mol. The third kappa shape index (κ3) is 4.08. The number of hydrogen-bond donors (Lipinski definition) is 2. The first-order valence-corrected chi connectivity index (χ1v) is 10.6. The van der Waals surface area contributed by atoms with Crippen LogP contribution in [0.2, 0.25) is 10.0 Å². The minimum Gasteiger partial charge on any atom is -0.482 e. The minimum atomic E-state index is -0.393. The summed E-state index contributed by atoms with van der Waals surface area (Å²) in [4.78, 5) is 32.6. The Hall–Kier alpha value is -2.75. The van der Waals surface area contributed by atoms with Gasteiger partial charge in [-0.15, -0.1) is 0 Å². The molecule has 2 aliphatic heterocycles. The van der Waals surface area contributed by atoms with E-state index in [0.29, 0.717) is 56.5 Å². The summed E-state index contributed by atoms with van der Waals surface area (Å²) < 4.78 is 5.45. The number of ether oxygens (including phenoxy) is 1. The van der Waals surface area contributed by atoms with Gasteiger partial charge >= 0.3 is 0 Å². The largest absolute Gasteiger partial charge is 0.482 e. The fourth-order valence-electron chi connectivity index (χ4n) is 3.94. The van der Waals surface area contributed by atoms with Crippen LogP contribution in [0.4, 0.5) is 11.8 Å². The van der Waals surface area contributed by atoms with Crippen molar-refractivity contribution >= 4 is 52.0 Å². The second-order valence-electron chi connectivity index (χ2n) is 7.60. The second-order valence-corrected chi connectivity index (χ2v) is 8.44. The van der Waals surface area contributed by atoms with Crippen molar-refractivity contribution in [2.45, 2.75) is 25.4 Å². The molecule has 2 unspecified atom stereocenters. The number of carbonyl (C=O) groups is 1. The van der Waals surface area contributed by atoms with Crippen LogP contribution in [-0.2, 0) is 4.79 Å². The Morgan fingerprint density at radius 1 is 1.32 bits per heavy atom. The average molecular weight is 460 g/mol. The van der Waals surface area contributed by atoms with Crippen molar-refractivity contribution < 1.29 is 9.53 Å². The Kier molecular flexibility index (Phi) is 5.25. The summed E-state index contributed by atoms with van der Waals surface area (Å²) in [5.74, 6) is 0.953. The molecule has 0 aliphatic carbocycles. The zero-order valence-corrected chi connectivity index (χ0v) is 18.1. The van der Waals surface area contributed by atoms with E-state index in [1.165, 1.54) is 6.20 Å². The van der Waals surface area contributed by atoms with E-state index in [-0.39, 0.29) is 6.61 Å². The smallest absolute Gasteiger partial charge is 0.263 e. The molecule has 0 spiro atoms. The summed E-state index contributed by atoms with van der Waals surface area (Å²) in [5.41, 5.74) is 1.76. The van der Waals surface area contributed by atoms with Gasteiger partial charge in [-0.2, -0.15) is 4.98 Å². The van der Waals surface area contributed by atoms with Crippen molar-refractivity contribution in [1.29, 1.82) is 0 Å². The molecule has 1 aromatic carbocycles. The number of aromatic nitrogens is 4. The Balaban J connectivity index is 1.28. The SMILES string of the molecule is Cc1nc(N2CC3CC2CN3)nc2ncc(NC(=O)COc3ccc(Cl)cc3Cl)nc12. The van der Waals surface area contributed by atoms with Crippen LogP contribution >= 0.6 is 23.2 Å². The van der Waals surface area contributed by atoms with Gasteiger partial charge < -0.3 is 20.3 Å². The first-order chi connectivity index (χ1) is 15.0. The summed E-state index contributed by atoms with van der Waals surface area (Å²) >= 11 is 11.9. The highest BCUT2D eigenvalue weighted by Gasteiger charge is 2.39. The van der Waals surface area contributed by atoms with Crippen LogP contribution in [0.3, 0.4) is 0 Å². The number of nitrogens with one attached hydrogen (secondary N) is 2. The van der Waals surface area contributed by atoms with Crippen molar-refractivity contribution in [1.82, 2.24) is 25.3 Å². The lowest BCUT2D eigenvalue weighted by Crippen LogP contribution is -2.44. The number of anilines is 2. The molecular formula is C20H19Cl2N7O2. The molecule has 2 bridgehead atoms. The molecule has 3 aromatic rings. The minimum absolute atomic E-state index is 0.235. The molecule has 11 heteroatoms. The Labute approximate surface area is 188 Å². The predicted octanol–water partition coefficient (Wildman–Crippen LogP) is 2.60. The third-order valence-corrected chi connectivity index (χ3v) is 5.93. The third-order valence-electron chi connectivity index (χ3n) is 5.40. The highest BCUT2D eigenvalue weighted by Crippen LogP contribution is 2.29. The quantitative estimate of drug-likeness (QED) is 0.599. The van der Waals surface area contributed by atoms with Gasteiger partial charge in [0.2, 0.25) is 5.95 Å². The fourth-order valence-corrected chi connectivity index (χ4v) is 4.40. The van der Waals surface area contributed by atoms with E-state index >= 15 is 0 Å². The first kappa shape index (κ1) is 20.2. The van der Waals surface area contributed by atoms with Crippen LogP contribution in [0.25, 0.3) is 11.2 Å². The van der Waals surface area contributed by atoms with Crippen LogP contribution in [0.15, 0.2) is 24.4 Å². The lowest BCUT2D eigenvalue weighted by atomic mass is 10.2. The molecule has 9 nitrogen and oxygen atoms in total. The molecule has 2 fully saturated rings. The summed E-state index contributed by atoms with van der Waals surface area (Å²) in [6.07, 6.45) is 2.59. The van der Waals surface area contributed by atoms with Gasteiger partial charge in [0.05, 0.1) is 16.9 Å². The van der Waals surface area contributed by atoms with Gasteiger partial charge in [-0.3, -0.25) is 4.79 Å². The molecule has 0 radical (unpaired) electrons. The second kappa shape index (κ2) is 8.07. The van der Waals surface area contributed by atoms with Crippen LogP contribution in [0.5, 0.6) is 5.75 Å². The summed E-state index contributed by atoms with van der Waals surface area (Å²) in [6, 6.07) is 5.71. The molecule has 2 saturated heterocycles. The highest BCUT2D eigenvalue weighted by molar-refractivity contribution is 6.35. The number of amides is 1. The van der Waals surface area contributed by atoms with Crippen LogP contribution < -0.4 is 20.3 Å². The van der Waals surface area contributed by atoms with Crippen molar-refractivity contribution in [3.05, 3.63) is 40.1 Å². The monoisotopic (exact) mass is 459 g/mol. The number of benzene rings is 1. The lowest BCUT2D eigenvalue weighted by Gasteiger charge is -2.27. The van der Waals surface area contributed by atoms with E-state index in [1.807, 2.05) is 6.92 Å². The predicted molar refractivity (Wildman–Crippen MR) is 118 cm³/mol.